The zero-order valence-electron chi connectivity index (χ0n) is 13.1. The zero-order valence-corrected chi connectivity index (χ0v) is 13.1. The van der Waals surface area contributed by atoms with Gasteiger partial charge in [-0.1, -0.05) is 13.8 Å². The van der Waals surface area contributed by atoms with Gasteiger partial charge in [-0.25, -0.2) is 0 Å². The van der Waals surface area contributed by atoms with Gasteiger partial charge in [-0.15, -0.1) is 0 Å². The van der Waals surface area contributed by atoms with E-state index >= 15 is 0 Å². The standard InChI is InChI=1S/C17H27NO2/c1-17(2)6-5-12(11-18)16(10-17)13-7-14(19-3)9-15(8-13)20-4/h7-9,12,16H,5-6,10-11,18H2,1-4H3. The summed E-state index contributed by atoms with van der Waals surface area (Å²) in [6.07, 6.45) is 3.63. The molecule has 2 unspecified atom stereocenters. The summed E-state index contributed by atoms with van der Waals surface area (Å²) in [5.74, 6) is 2.77. The molecule has 0 aromatic heterocycles. The summed E-state index contributed by atoms with van der Waals surface area (Å²) < 4.78 is 10.8. The maximum absolute atomic E-state index is 6.00. The van der Waals surface area contributed by atoms with E-state index in [1.807, 2.05) is 6.07 Å². The van der Waals surface area contributed by atoms with Gasteiger partial charge >= 0.3 is 0 Å². The van der Waals surface area contributed by atoms with Crippen LogP contribution in [0.5, 0.6) is 11.5 Å². The summed E-state index contributed by atoms with van der Waals surface area (Å²) in [6.45, 7) is 5.45. The van der Waals surface area contributed by atoms with Crippen molar-refractivity contribution in [3.8, 4) is 11.5 Å². The minimum Gasteiger partial charge on any atom is -0.497 e. The van der Waals surface area contributed by atoms with Gasteiger partial charge in [0.1, 0.15) is 11.5 Å². The lowest BCUT2D eigenvalue weighted by molar-refractivity contribution is 0.165. The maximum atomic E-state index is 6.00. The monoisotopic (exact) mass is 277 g/mol. The number of rotatable bonds is 4. The quantitative estimate of drug-likeness (QED) is 0.915. The first-order valence-electron chi connectivity index (χ1n) is 7.42. The van der Waals surface area contributed by atoms with Crippen molar-refractivity contribution in [2.45, 2.75) is 39.0 Å². The van der Waals surface area contributed by atoms with Gasteiger partial charge in [0.2, 0.25) is 0 Å². The van der Waals surface area contributed by atoms with Gasteiger partial charge in [-0.2, -0.15) is 0 Å². The van der Waals surface area contributed by atoms with Crippen LogP contribution in [0.2, 0.25) is 0 Å². The maximum Gasteiger partial charge on any atom is 0.122 e. The molecule has 2 atom stereocenters. The Hall–Kier alpha value is -1.22. The van der Waals surface area contributed by atoms with E-state index in [9.17, 15) is 0 Å². The molecule has 1 aromatic carbocycles. The largest absolute Gasteiger partial charge is 0.497 e. The Labute approximate surface area is 122 Å². The van der Waals surface area contributed by atoms with Gasteiger partial charge in [0, 0.05) is 6.07 Å². The van der Waals surface area contributed by atoms with Crippen molar-refractivity contribution >= 4 is 0 Å². The molecule has 0 amide bonds. The third-order valence-electron chi connectivity index (χ3n) is 4.64. The van der Waals surface area contributed by atoms with E-state index in [-0.39, 0.29) is 0 Å². The minimum absolute atomic E-state index is 0.382. The molecule has 3 heteroatoms. The van der Waals surface area contributed by atoms with Crippen LogP contribution in [0, 0.1) is 11.3 Å². The number of hydrogen-bond acceptors (Lipinski definition) is 3. The molecule has 1 saturated carbocycles. The molecule has 0 saturated heterocycles. The molecular weight excluding hydrogens is 250 g/mol. The molecule has 0 spiro atoms. The van der Waals surface area contributed by atoms with Crippen molar-refractivity contribution in [2.24, 2.45) is 17.1 Å². The summed E-state index contributed by atoms with van der Waals surface area (Å²) in [4.78, 5) is 0. The predicted octanol–water partition coefficient (Wildman–Crippen LogP) is 3.57. The number of hydrogen-bond donors (Lipinski definition) is 1. The third kappa shape index (κ3) is 3.26. The van der Waals surface area contributed by atoms with Crippen LogP contribution < -0.4 is 15.2 Å². The second-order valence-electron chi connectivity index (χ2n) is 6.66. The minimum atomic E-state index is 0.382. The lowest BCUT2D eigenvalue weighted by atomic mass is 9.65. The number of ether oxygens (including phenoxy) is 2. The van der Waals surface area contributed by atoms with Crippen molar-refractivity contribution in [3.63, 3.8) is 0 Å². The van der Waals surface area contributed by atoms with Crippen LogP contribution in [0.25, 0.3) is 0 Å². The third-order valence-corrected chi connectivity index (χ3v) is 4.64. The van der Waals surface area contributed by atoms with E-state index < -0.39 is 0 Å². The molecular formula is C17H27NO2. The van der Waals surface area contributed by atoms with Gasteiger partial charge in [0.15, 0.2) is 0 Å². The Morgan fingerprint density at radius 1 is 1.15 bits per heavy atom. The van der Waals surface area contributed by atoms with Crippen LogP contribution in [0.4, 0.5) is 0 Å². The van der Waals surface area contributed by atoms with Crippen LogP contribution in [0.3, 0.4) is 0 Å². The van der Waals surface area contributed by atoms with Crippen LogP contribution in [0.15, 0.2) is 18.2 Å². The van der Waals surface area contributed by atoms with Crippen molar-refractivity contribution in [3.05, 3.63) is 23.8 Å². The van der Waals surface area contributed by atoms with E-state index in [0.717, 1.165) is 18.0 Å². The van der Waals surface area contributed by atoms with Gasteiger partial charge in [-0.05, 0) is 60.8 Å². The number of methoxy groups -OCH3 is 2. The van der Waals surface area contributed by atoms with Crippen molar-refractivity contribution < 1.29 is 9.47 Å². The average molecular weight is 277 g/mol. The second kappa shape index (κ2) is 6.04. The molecule has 3 nitrogen and oxygen atoms in total. The Morgan fingerprint density at radius 3 is 2.25 bits per heavy atom. The highest BCUT2D eigenvalue weighted by Gasteiger charge is 2.35. The van der Waals surface area contributed by atoms with Crippen molar-refractivity contribution in [2.75, 3.05) is 20.8 Å². The molecule has 112 valence electrons. The van der Waals surface area contributed by atoms with Crippen molar-refractivity contribution in [1.82, 2.24) is 0 Å². The summed E-state index contributed by atoms with van der Waals surface area (Å²) in [7, 11) is 3.40. The lowest BCUT2D eigenvalue weighted by Crippen LogP contribution is -2.32. The first-order valence-corrected chi connectivity index (χ1v) is 7.42. The molecule has 0 aliphatic heterocycles. The Balaban J connectivity index is 2.35. The highest BCUT2D eigenvalue weighted by Crippen LogP contribution is 2.47. The second-order valence-corrected chi connectivity index (χ2v) is 6.66. The molecule has 1 aromatic rings. The zero-order chi connectivity index (χ0) is 14.8. The molecule has 2 N–H and O–H groups in total. The predicted molar refractivity (Wildman–Crippen MR) is 82.5 cm³/mol. The molecule has 0 bridgehead atoms. The van der Waals surface area contributed by atoms with Crippen LogP contribution in [-0.2, 0) is 0 Å². The normalized spacial score (nSPS) is 25.2. The van der Waals surface area contributed by atoms with E-state index in [4.69, 9.17) is 15.2 Å². The summed E-state index contributed by atoms with van der Waals surface area (Å²) in [6, 6.07) is 6.20. The lowest BCUT2D eigenvalue weighted by Gasteiger charge is -2.41. The molecule has 0 radical (unpaired) electrons. The van der Waals surface area contributed by atoms with E-state index in [2.05, 4.69) is 26.0 Å². The van der Waals surface area contributed by atoms with Gasteiger partial charge < -0.3 is 15.2 Å². The summed E-state index contributed by atoms with van der Waals surface area (Å²) in [5, 5.41) is 0. The Bertz CT molecular complexity index is 434. The fourth-order valence-electron chi connectivity index (χ4n) is 3.36. The van der Waals surface area contributed by atoms with Crippen LogP contribution in [0.1, 0.15) is 44.6 Å². The highest BCUT2D eigenvalue weighted by molar-refractivity contribution is 5.40. The fourth-order valence-corrected chi connectivity index (χ4v) is 3.36. The highest BCUT2D eigenvalue weighted by atomic mass is 16.5. The fraction of sp³-hybridized carbons (Fsp3) is 0.647. The van der Waals surface area contributed by atoms with Gasteiger partial charge in [-0.3, -0.25) is 0 Å². The first kappa shape index (κ1) is 15.2. The SMILES string of the molecule is COc1cc(OC)cc(C2CC(C)(C)CCC2CN)c1. The van der Waals surface area contributed by atoms with E-state index in [1.165, 1.54) is 24.8 Å². The Morgan fingerprint density at radius 2 is 1.75 bits per heavy atom. The van der Waals surface area contributed by atoms with Gasteiger partial charge in [0.05, 0.1) is 14.2 Å². The van der Waals surface area contributed by atoms with E-state index in [0.29, 0.717) is 17.3 Å². The molecule has 0 heterocycles. The van der Waals surface area contributed by atoms with Crippen LogP contribution >= 0.6 is 0 Å². The van der Waals surface area contributed by atoms with Crippen molar-refractivity contribution in [1.29, 1.82) is 0 Å². The summed E-state index contributed by atoms with van der Waals surface area (Å²) >= 11 is 0. The number of nitrogens with two attached hydrogens (primary N) is 1. The molecule has 20 heavy (non-hydrogen) atoms. The Kier molecular flexibility index (Phi) is 4.59. The molecule has 1 fully saturated rings. The summed E-state index contributed by atoms with van der Waals surface area (Å²) in [5.41, 5.74) is 7.68. The van der Waals surface area contributed by atoms with E-state index in [1.54, 1.807) is 14.2 Å². The average Bonchev–Trinajstić information content (AvgIpc) is 2.45. The molecule has 2 rings (SSSR count). The smallest absolute Gasteiger partial charge is 0.122 e. The topological polar surface area (TPSA) is 44.5 Å². The number of benzene rings is 1. The molecule has 1 aliphatic carbocycles. The van der Waals surface area contributed by atoms with Crippen LogP contribution in [-0.4, -0.2) is 20.8 Å². The first-order chi connectivity index (χ1) is 9.49. The molecule has 1 aliphatic rings. The van der Waals surface area contributed by atoms with Gasteiger partial charge in [0.25, 0.3) is 0 Å².